The molecule has 1 fully saturated rings. The summed E-state index contributed by atoms with van der Waals surface area (Å²) in [6.07, 6.45) is 1.85. The number of thiocarbonyl (C=S) groups is 1. The molecule has 7 heteroatoms. The molecule has 4 rings (SSSR count). The lowest BCUT2D eigenvalue weighted by molar-refractivity contribution is 0.277. The van der Waals surface area contributed by atoms with Crippen molar-refractivity contribution in [3.63, 3.8) is 0 Å². The summed E-state index contributed by atoms with van der Waals surface area (Å²) in [5, 5.41) is 4.34. The zero-order valence-electron chi connectivity index (χ0n) is 18.3. The molecule has 0 aliphatic carbocycles. The van der Waals surface area contributed by atoms with Crippen LogP contribution in [0.2, 0.25) is 0 Å². The smallest absolute Gasteiger partial charge is 0.170 e. The number of halogens is 1. The van der Waals surface area contributed by atoms with Crippen LogP contribution < -0.4 is 5.32 Å². The van der Waals surface area contributed by atoms with Crippen molar-refractivity contribution in [1.29, 1.82) is 0 Å². The third-order valence-electron chi connectivity index (χ3n) is 5.86. The second-order valence-corrected chi connectivity index (χ2v) is 9.56. The Hall–Kier alpha value is -2.22. The quantitative estimate of drug-likeness (QED) is 0.495. The number of aryl methyl sites for hydroxylation is 1. The zero-order valence-corrected chi connectivity index (χ0v) is 20.7. The fourth-order valence-corrected chi connectivity index (χ4v) is 4.96. The van der Waals surface area contributed by atoms with E-state index in [0.29, 0.717) is 0 Å². The Kier molecular flexibility index (Phi) is 6.46. The number of rotatable bonds is 6. The van der Waals surface area contributed by atoms with Gasteiger partial charge >= 0.3 is 0 Å². The molecule has 3 heterocycles. The van der Waals surface area contributed by atoms with Gasteiger partial charge in [0.15, 0.2) is 5.11 Å². The summed E-state index contributed by atoms with van der Waals surface area (Å²) in [5.74, 6) is 0. The van der Waals surface area contributed by atoms with Crippen LogP contribution in [0.25, 0.3) is 5.69 Å². The molecule has 3 aromatic rings. The molecule has 2 aromatic heterocycles. The van der Waals surface area contributed by atoms with E-state index < -0.39 is 0 Å². The van der Waals surface area contributed by atoms with Gasteiger partial charge in [0.2, 0.25) is 0 Å². The second-order valence-electron chi connectivity index (χ2n) is 8.26. The van der Waals surface area contributed by atoms with Gasteiger partial charge in [-0.25, -0.2) is 0 Å². The summed E-state index contributed by atoms with van der Waals surface area (Å²) in [4.78, 5) is 9.17. The lowest BCUT2D eigenvalue weighted by Gasteiger charge is -2.29. The van der Waals surface area contributed by atoms with Gasteiger partial charge in [-0.3, -0.25) is 4.98 Å². The van der Waals surface area contributed by atoms with Crippen molar-refractivity contribution in [3.8, 4) is 5.69 Å². The van der Waals surface area contributed by atoms with Gasteiger partial charge in [0.25, 0.3) is 0 Å². The molecule has 2 atom stereocenters. The van der Waals surface area contributed by atoms with Crippen LogP contribution in [0.15, 0.2) is 59.2 Å². The summed E-state index contributed by atoms with van der Waals surface area (Å²) in [5.41, 5.74) is 5.89. The van der Waals surface area contributed by atoms with E-state index in [4.69, 9.17) is 12.2 Å². The first-order valence-electron chi connectivity index (χ1n) is 10.4. The lowest BCUT2D eigenvalue weighted by Crippen LogP contribution is -2.35. The van der Waals surface area contributed by atoms with Gasteiger partial charge in [-0.2, -0.15) is 0 Å². The minimum absolute atomic E-state index is 0.00901. The maximum Gasteiger partial charge on any atom is 0.170 e. The monoisotopic (exact) mass is 497 g/mol. The topological polar surface area (TPSA) is 36.3 Å². The molecule has 1 saturated heterocycles. The van der Waals surface area contributed by atoms with Crippen LogP contribution in [-0.4, -0.2) is 51.6 Å². The van der Waals surface area contributed by atoms with E-state index in [0.717, 1.165) is 34.1 Å². The number of pyridine rings is 1. The van der Waals surface area contributed by atoms with Gasteiger partial charge in [-0.15, -0.1) is 0 Å². The van der Waals surface area contributed by atoms with Crippen molar-refractivity contribution in [2.45, 2.75) is 25.9 Å². The highest BCUT2D eigenvalue weighted by molar-refractivity contribution is 9.10. The Morgan fingerprint density at radius 1 is 1.13 bits per heavy atom. The average molecular weight is 498 g/mol. The molecule has 162 valence electrons. The van der Waals surface area contributed by atoms with Gasteiger partial charge in [0, 0.05) is 40.8 Å². The SMILES string of the molecule is Cc1cc([C@@H]2[C@@H](c3ccccn3)NC(=S)N2CCN(C)C)c(C)n1-c1ccc(Br)cc1. The molecule has 0 spiro atoms. The van der Waals surface area contributed by atoms with Crippen molar-refractivity contribution >= 4 is 33.3 Å². The van der Waals surface area contributed by atoms with E-state index in [1.165, 1.54) is 17.0 Å². The first-order chi connectivity index (χ1) is 14.9. The lowest BCUT2D eigenvalue weighted by atomic mass is 9.97. The molecule has 31 heavy (non-hydrogen) atoms. The minimum Gasteiger partial charge on any atom is -0.352 e. The maximum atomic E-state index is 5.79. The Morgan fingerprint density at radius 3 is 2.52 bits per heavy atom. The van der Waals surface area contributed by atoms with Gasteiger partial charge in [-0.1, -0.05) is 22.0 Å². The van der Waals surface area contributed by atoms with E-state index in [9.17, 15) is 0 Å². The van der Waals surface area contributed by atoms with E-state index in [-0.39, 0.29) is 12.1 Å². The first-order valence-corrected chi connectivity index (χ1v) is 11.6. The predicted molar refractivity (Wildman–Crippen MR) is 134 cm³/mol. The van der Waals surface area contributed by atoms with Crippen LogP contribution >= 0.6 is 28.1 Å². The van der Waals surface area contributed by atoms with Gasteiger partial charge in [0.1, 0.15) is 0 Å². The van der Waals surface area contributed by atoms with Crippen LogP contribution in [0, 0.1) is 13.8 Å². The fraction of sp³-hybridized carbons (Fsp3) is 0.333. The first kappa shape index (κ1) is 22.0. The highest BCUT2D eigenvalue weighted by Gasteiger charge is 2.41. The van der Waals surface area contributed by atoms with Crippen molar-refractivity contribution in [2.24, 2.45) is 0 Å². The van der Waals surface area contributed by atoms with Crippen molar-refractivity contribution in [1.82, 2.24) is 24.7 Å². The van der Waals surface area contributed by atoms with Crippen LogP contribution in [0.1, 0.15) is 34.7 Å². The number of hydrogen-bond donors (Lipinski definition) is 1. The largest absolute Gasteiger partial charge is 0.352 e. The maximum absolute atomic E-state index is 5.79. The molecular formula is C24H28BrN5S. The van der Waals surface area contributed by atoms with Crippen molar-refractivity contribution < 1.29 is 0 Å². The molecule has 0 amide bonds. The Bertz CT molecular complexity index is 1060. The summed E-state index contributed by atoms with van der Waals surface area (Å²) in [6, 6.07) is 16.9. The summed E-state index contributed by atoms with van der Waals surface area (Å²) < 4.78 is 3.40. The highest BCUT2D eigenvalue weighted by atomic mass is 79.9. The second kappa shape index (κ2) is 9.10. The third-order valence-corrected chi connectivity index (χ3v) is 6.74. The molecule has 0 radical (unpaired) electrons. The normalized spacial score (nSPS) is 18.6. The molecule has 0 unspecified atom stereocenters. The predicted octanol–water partition coefficient (Wildman–Crippen LogP) is 4.79. The highest BCUT2D eigenvalue weighted by Crippen LogP contribution is 2.41. The van der Waals surface area contributed by atoms with Crippen LogP contribution in [0.4, 0.5) is 0 Å². The number of likely N-dealkylation sites (N-methyl/N-ethyl adjacent to an activating group) is 1. The Morgan fingerprint density at radius 2 is 1.87 bits per heavy atom. The van der Waals surface area contributed by atoms with E-state index in [2.05, 4.69) is 105 Å². The number of aromatic nitrogens is 2. The molecular weight excluding hydrogens is 470 g/mol. The molecule has 0 bridgehead atoms. The van der Waals surface area contributed by atoms with Crippen molar-refractivity contribution in [2.75, 3.05) is 27.2 Å². The van der Waals surface area contributed by atoms with Crippen LogP contribution in [-0.2, 0) is 0 Å². The Balaban J connectivity index is 1.80. The molecule has 1 aliphatic heterocycles. The number of nitrogens with zero attached hydrogens (tertiary/aromatic N) is 4. The van der Waals surface area contributed by atoms with E-state index >= 15 is 0 Å². The van der Waals surface area contributed by atoms with Gasteiger partial charge < -0.3 is 19.7 Å². The molecule has 1 aromatic carbocycles. The van der Waals surface area contributed by atoms with Crippen LogP contribution in [0.3, 0.4) is 0 Å². The molecule has 1 aliphatic rings. The van der Waals surface area contributed by atoms with Gasteiger partial charge in [-0.05, 0) is 88.2 Å². The minimum atomic E-state index is 0.00901. The number of benzene rings is 1. The number of hydrogen-bond acceptors (Lipinski definition) is 3. The van der Waals surface area contributed by atoms with Crippen molar-refractivity contribution in [3.05, 3.63) is 81.8 Å². The Labute approximate surface area is 198 Å². The standard InChI is InChI=1S/C24H28BrN5S/c1-16-15-20(17(2)30(16)19-10-8-18(25)9-11-19)23-22(21-7-5-6-12-26-21)27-24(31)29(23)14-13-28(3)4/h5-12,15,22-23H,13-14H2,1-4H3,(H,27,31)/t22-,23-/m1/s1. The average Bonchev–Trinajstić information content (AvgIpc) is 3.23. The third kappa shape index (κ3) is 4.40. The summed E-state index contributed by atoms with van der Waals surface area (Å²) >= 11 is 9.34. The molecule has 5 nitrogen and oxygen atoms in total. The molecule has 0 saturated carbocycles. The van der Waals surface area contributed by atoms with Crippen LogP contribution in [0.5, 0.6) is 0 Å². The fourth-order valence-electron chi connectivity index (χ4n) is 4.37. The summed E-state index contributed by atoms with van der Waals surface area (Å²) in [7, 11) is 4.19. The summed E-state index contributed by atoms with van der Waals surface area (Å²) in [6.45, 7) is 6.15. The zero-order chi connectivity index (χ0) is 22.1. The molecule has 1 N–H and O–H groups in total. The van der Waals surface area contributed by atoms with E-state index in [1.54, 1.807) is 0 Å². The van der Waals surface area contributed by atoms with E-state index in [1.807, 2.05) is 18.3 Å². The van der Waals surface area contributed by atoms with Gasteiger partial charge in [0.05, 0.1) is 17.8 Å². The number of nitrogens with one attached hydrogen (secondary N) is 1.